The van der Waals surface area contributed by atoms with Gasteiger partial charge in [-0.1, -0.05) is 6.92 Å². The minimum Gasteiger partial charge on any atom is -0.480 e. The topological polar surface area (TPSA) is 105 Å². The quantitative estimate of drug-likeness (QED) is 0.373. The van der Waals surface area contributed by atoms with E-state index >= 15 is 0 Å². The lowest BCUT2D eigenvalue weighted by atomic mass is 9.97. The van der Waals surface area contributed by atoms with Gasteiger partial charge in [-0.05, 0) is 5.94 Å². The molecule has 0 bridgehead atoms. The van der Waals surface area contributed by atoms with Gasteiger partial charge in [0.15, 0.2) is 0 Å². The monoisotopic (exact) mass is 370 g/mol. The Morgan fingerprint density at radius 3 is 1.65 bits per heavy atom. The number of carbonyl (C=O) groups is 3. The molecule has 148 valence electrons. The zero-order chi connectivity index (χ0) is 19.5. The summed E-state index contributed by atoms with van der Waals surface area (Å²) in [4.78, 5) is 41.2. The molecule has 10 heteroatoms. The van der Waals surface area contributed by atoms with Gasteiger partial charge in [0.25, 0.3) is 0 Å². The lowest BCUT2D eigenvalue weighted by molar-refractivity contribution is -0.140. The molecule has 0 spiro atoms. The van der Waals surface area contributed by atoms with Crippen LogP contribution in [0, 0.1) is 0 Å². The van der Waals surface area contributed by atoms with Gasteiger partial charge in [0.2, 0.25) is 0 Å². The number of hydrogen-bond donors (Lipinski definition) is 2. The summed E-state index contributed by atoms with van der Waals surface area (Å²) in [6, 6.07) is 0. The lowest BCUT2D eigenvalue weighted by Gasteiger charge is -2.34. The van der Waals surface area contributed by atoms with Crippen molar-refractivity contribution in [1.82, 2.24) is 19.6 Å². The molecule has 0 aromatic carbocycles. The van der Waals surface area contributed by atoms with Crippen LogP contribution < -0.4 is 0 Å². The molecule has 0 aliphatic carbocycles. The first-order valence-electron chi connectivity index (χ1n) is 9.10. The molecule has 1 unspecified atom stereocenters. The van der Waals surface area contributed by atoms with Crippen LogP contribution in [0.25, 0.3) is 0 Å². The summed E-state index contributed by atoms with van der Waals surface area (Å²) >= 11 is 0. The smallest absolute Gasteiger partial charge is 0.317 e. The van der Waals surface area contributed by atoms with Crippen molar-refractivity contribution in [2.24, 2.45) is 0 Å². The number of hydrogen-bond acceptors (Lipinski definition) is 7. The fourth-order valence-electron chi connectivity index (χ4n) is 3.06. The third kappa shape index (κ3) is 9.28. The lowest BCUT2D eigenvalue weighted by Crippen LogP contribution is -2.49. The maximum Gasteiger partial charge on any atom is 0.317 e. The first kappa shape index (κ1) is 22.6. The Balaban J connectivity index is 2.84. The fraction of sp³-hybridized carbons (Fsp3) is 0.812. The molecule has 0 amide bonds. The predicted octanol–water partition coefficient (Wildman–Crippen LogP) is -2.44. The van der Waals surface area contributed by atoms with Crippen LogP contribution in [0.5, 0.6) is 0 Å². The normalized spacial score (nSPS) is 21.4. The van der Waals surface area contributed by atoms with Crippen molar-refractivity contribution in [1.29, 1.82) is 0 Å². The van der Waals surface area contributed by atoms with Crippen molar-refractivity contribution >= 4 is 26.1 Å². The number of carboxylic acid groups (broad SMARTS) is 2. The standard InChI is InChI=1S/C16H31BN4O5/c1-14(17)21-8-6-18(10-11-22)2-3-19(12-15(23)24)4-5-20(7-9-21)13-16(25)26/h11,14H,2-10,12-13,17H2,1H3,(H,23,24)(H,25,26). The SMILES string of the molecule is BC(C)N1CCN(CC=O)CCN(CC(=O)O)CCN(CC(=O)O)CC1. The largest absolute Gasteiger partial charge is 0.480 e. The number of nitrogens with zero attached hydrogens (tertiary/aromatic N) is 4. The molecule has 9 nitrogen and oxygen atoms in total. The van der Waals surface area contributed by atoms with Crippen LogP contribution in [0.1, 0.15) is 6.92 Å². The van der Waals surface area contributed by atoms with E-state index < -0.39 is 11.9 Å². The van der Waals surface area contributed by atoms with Gasteiger partial charge >= 0.3 is 11.9 Å². The van der Waals surface area contributed by atoms with Crippen LogP contribution >= 0.6 is 0 Å². The first-order chi connectivity index (χ1) is 12.3. The van der Waals surface area contributed by atoms with Crippen molar-refractivity contribution in [2.45, 2.75) is 12.9 Å². The average Bonchev–Trinajstić information content (AvgIpc) is 2.53. The number of rotatable bonds is 7. The van der Waals surface area contributed by atoms with E-state index in [-0.39, 0.29) is 13.1 Å². The van der Waals surface area contributed by atoms with E-state index in [4.69, 9.17) is 10.2 Å². The molecular weight excluding hydrogens is 339 g/mol. The Morgan fingerprint density at radius 1 is 0.885 bits per heavy atom. The number of carboxylic acids is 2. The van der Waals surface area contributed by atoms with Crippen LogP contribution in [0.15, 0.2) is 0 Å². The second-order valence-corrected chi connectivity index (χ2v) is 6.94. The summed E-state index contributed by atoms with van der Waals surface area (Å²) in [6.07, 6.45) is 0.877. The van der Waals surface area contributed by atoms with E-state index in [2.05, 4.69) is 19.7 Å². The predicted molar refractivity (Wildman–Crippen MR) is 100 cm³/mol. The molecule has 0 saturated carbocycles. The molecule has 1 rings (SSSR count). The van der Waals surface area contributed by atoms with Gasteiger partial charge in [0.05, 0.1) is 19.6 Å². The Hall–Kier alpha value is -1.49. The van der Waals surface area contributed by atoms with Crippen molar-refractivity contribution in [3.8, 4) is 0 Å². The number of carbonyl (C=O) groups excluding carboxylic acids is 1. The zero-order valence-electron chi connectivity index (χ0n) is 15.8. The second-order valence-electron chi connectivity index (χ2n) is 6.94. The third-order valence-electron chi connectivity index (χ3n) is 4.65. The Morgan fingerprint density at radius 2 is 1.27 bits per heavy atom. The van der Waals surface area contributed by atoms with Gasteiger partial charge in [-0.15, -0.1) is 0 Å². The highest BCUT2D eigenvalue weighted by Gasteiger charge is 2.19. The summed E-state index contributed by atoms with van der Waals surface area (Å²) in [7, 11) is 2.10. The minimum atomic E-state index is -0.908. The second kappa shape index (κ2) is 12.0. The van der Waals surface area contributed by atoms with Crippen LogP contribution in [0.3, 0.4) is 0 Å². The Bertz CT molecular complexity index is 466. The molecule has 0 aromatic heterocycles. The summed E-state index contributed by atoms with van der Waals surface area (Å²) < 4.78 is 0. The Kier molecular flexibility index (Phi) is 10.4. The molecule has 1 aliphatic rings. The first-order valence-corrected chi connectivity index (χ1v) is 9.10. The van der Waals surface area contributed by atoms with E-state index in [1.165, 1.54) is 0 Å². The van der Waals surface area contributed by atoms with Gasteiger partial charge < -0.3 is 19.9 Å². The zero-order valence-corrected chi connectivity index (χ0v) is 15.8. The van der Waals surface area contributed by atoms with Crippen molar-refractivity contribution < 1.29 is 24.6 Å². The molecule has 0 radical (unpaired) electrons. The van der Waals surface area contributed by atoms with E-state index in [0.29, 0.717) is 45.2 Å². The number of aldehydes is 1. The minimum absolute atomic E-state index is 0.0515. The molecule has 1 fully saturated rings. The Labute approximate surface area is 155 Å². The van der Waals surface area contributed by atoms with E-state index in [0.717, 1.165) is 25.9 Å². The molecule has 1 heterocycles. The van der Waals surface area contributed by atoms with Gasteiger partial charge in [0.1, 0.15) is 14.1 Å². The molecule has 1 atom stereocenters. The molecular formula is C16H31BN4O5. The summed E-state index contributed by atoms with van der Waals surface area (Å²) in [5, 5.41) is 18.2. The average molecular weight is 370 g/mol. The molecule has 26 heavy (non-hydrogen) atoms. The van der Waals surface area contributed by atoms with Gasteiger partial charge in [-0.3, -0.25) is 24.3 Å². The highest BCUT2D eigenvalue weighted by molar-refractivity contribution is 6.11. The van der Waals surface area contributed by atoms with E-state index in [1.807, 2.05) is 9.80 Å². The highest BCUT2D eigenvalue weighted by Crippen LogP contribution is 2.02. The maximum absolute atomic E-state index is 11.1. The van der Waals surface area contributed by atoms with Crippen LogP contribution in [0.2, 0.25) is 0 Å². The van der Waals surface area contributed by atoms with E-state index in [1.54, 1.807) is 4.90 Å². The summed E-state index contributed by atoms with van der Waals surface area (Å²) in [6.45, 7) is 7.26. The molecule has 1 saturated heterocycles. The van der Waals surface area contributed by atoms with Crippen molar-refractivity contribution in [3.05, 3.63) is 0 Å². The fourth-order valence-corrected chi connectivity index (χ4v) is 3.06. The van der Waals surface area contributed by atoms with Crippen LogP contribution in [0.4, 0.5) is 0 Å². The number of aliphatic carboxylic acids is 2. The van der Waals surface area contributed by atoms with Gasteiger partial charge in [-0.25, -0.2) is 0 Å². The summed E-state index contributed by atoms with van der Waals surface area (Å²) in [5.41, 5.74) is 0. The summed E-state index contributed by atoms with van der Waals surface area (Å²) in [5.74, 6) is -1.46. The van der Waals surface area contributed by atoms with Crippen LogP contribution in [-0.4, -0.2) is 134 Å². The third-order valence-corrected chi connectivity index (χ3v) is 4.65. The van der Waals surface area contributed by atoms with Gasteiger partial charge in [0, 0.05) is 52.4 Å². The highest BCUT2D eigenvalue weighted by atomic mass is 16.4. The maximum atomic E-state index is 11.1. The van der Waals surface area contributed by atoms with E-state index in [9.17, 15) is 14.4 Å². The van der Waals surface area contributed by atoms with Gasteiger partial charge in [-0.2, -0.15) is 0 Å². The molecule has 2 N–H and O–H groups in total. The van der Waals surface area contributed by atoms with Crippen molar-refractivity contribution in [3.63, 3.8) is 0 Å². The molecule has 1 aliphatic heterocycles. The molecule has 0 aromatic rings. The van der Waals surface area contributed by atoms with Crippen molar-refractivity contribution in [2.75, 3.05) is 72.0 Å². The van der Waals surface area contributed by atoms with Crippen LogP contribution in [-0.2, 0) is 14.4 Å².